The van der Waals surface area contributed by atoms with Crippen molar-refractivity contribution in [3.63, 3.8) is 0 Å². The summed E-state index contributed by atoms with van der Waals surface area (Å²) in [6, 6.07) is 7.90. The second-order valence-electron chi connectivity index (χ2n) is 5.39. The van der Waals surface area contributed by atoms with Crippen LogP contribution in [0.15, 0.2) is 36.4 Å². The number of anilines is 1. The molecule has 0 spiro atoms. The highest BCUT2D eigenvalue weighted by Crippen LogP contribution is 2.31. The predicted octanol–water partition coefficient (Wildman–Crippen LogP) is 3.40. The number of carbonyl (C=O) groups is 1. The van der Waals surface area contributed by atoms with E-state index in [1.807, 2.05) is 6.07 Å². The molecule has 2 amide bonds. The molecule has 0 radical (unpaired) electrons. The van der Waals surface area contributed by atoms with E-state index in [4.69, 9.17) is 9.47 Å². The summed E-state index contributed by atoms with van der Waals surface area (Å²) in [5, 5.41) is 2.41. The first-order chi connectivity index (χ1) is 11.5. The summed E-state index contributed by atoms with van der Waals surface area (Å²) in [6.45, 7) is 1.29. The molecule has 5 nitrogen and oxygen atoms in total. The Bertz CT molecular complexity index is 767. The second kappa shape index (κ2) is 6.74. The molecule has 126 valence electrons. The van der Waals surface area contributed by atoms with Gasteiger partial charge in [0.1, 0.15) is 24.8 Å². The highest BCUT2D eigenvalue weighted by Gasteiger charge is 2.15. The fraction of sp³-hybridized carbons (Fsp3) is 0.235. The first-order valence-electron chi connectivity index (χ1n) is 7.38. The third-order valence-corrected chi connectivity index (χ3v) is 3.55. The van der Waals surface area contributed by atoms with Crippen molar-refractivity contribution in [3.05, 3.63) is 53.6 Å². The van der Waals surface area contributed by atoms with Crippen LogP contribution in [-0.2, 0) is 6.54 Å². The Morgan fingerprint density at radius 1 is 1.12 bits per heavy atom. The smallest absolute Gasteiger partial charge is 0.321 e. The van der Waals surface area contributed by atoms with E-state index < -0.39 is 17.7 Å². The van der Waals surface area contributed by atoms with Gasteiger partial charge in [-0.05, 0) is 29.8 Å². The van der Waals surface area contributed by atoms with Crippen molar-refractivity contribution in [2.24, 2.45) is 0 Å². The van der Waals surface area contributed by atoms with Crippen molar-refractivity contribution in [2.45, 2.75) is 6.54 Å². The van der Waals surface area contributed by atoms with Gasteiger partial charge in [-0.1, -0.05) is 6.07 Å². The number of hydrogen-bond acceptors (Lipinski definition) is 3. The Labute approximate surface area is 137 Å². The molecule has 7 heteroatoms. The van der Waals surface area contributed by atoms with E-state index >= 15 is 0 Å². The Kier molecular flexibility index (Phi) is 4.50. The van der Waals surface area contributed by atoms with Crippen molar-refractivity contribution in [2.75, 3.05) is 25.6 Å². The van der Waals surface area contributed by atoms with Crippen molar-refractivity contribution in [1.29, 1.82) is 0 Å². The number of benzene rings is 2. The summed E-state index contributed by atoms with van der Waals surface area (Å²) in [5.41, 5.74) is 0.770. The minimum Gasteiger partial charge on any atom is -0.486 e. The molecule has 0 fully saturated rings. The van der Waals surface area contributed by atoms with Crippen molar-refractivity contribution < 1.29 is 23.0 Å². The number of amides is 2. The molecule has 0 aromatic heterocycles. The lowest BCUT2D eigenvalue weighted by molar-refractivity contribution is 0.171. The van der Waals surface area contributed by atoms with E-state index in [-0.39, 0.29) is 5.69 Å². The summed E-state index contributed by atoms with van der Waals surface area (Å²) in [4.78, 5) is 13.5. The number of ether oxygens (including phenoxy) is 2. The Morgan fingerprint density at radius 2 is 1.88 bits per heavy atom. The minimum atomic E-state index is -0.823. The number of halogens is 2. The third-order valence-electron chi connectivity index (χ3n) is 3.55. The van der Waals surface area contributed by atoms with Gasteiger partial charge >= 0.3 is 6.03 Å². The van der Waals surface area contributed by atoms with Crippen LogP contribution in [-0.4, -0.2) is 31.2 Å². The summed E-state index contributed by atoms with van der Waals surface area (Å²) in [7, 11) is 1.58. The van der Waals surface area contributed by atoms with Gasteiger partial charge in [-0.2, -0.15) is 0 Å². The summed E-state index contributed by atoms with van der Waals surface area (Å²) in [6.07, 6.45) is 0. The van der Waals surface area contributed by atoms with Crippen LogP contribution in [0.3, 0.4) is 0 Å². The van der Waals surface area contributed by atoms with Crippen LogP contribution < -0.4 is 14.8 Å². The number of nitrogens with zero attached hydrogens (tertiary/aromatic N) is 1. The van der Waals surface area contributed by atoms with E-state index in [0.717, 1.165) is 17.7 Å². The molecule has 2 aromatic rings. The molecule has 1 heterocycles. The normalized spacial score (nSPS) is 12.6. The summed E-state index contributed by atoms with van der Waals surface area (Å²) >= 11 is 0. The Balaban J connectivity index is 1.65. The number of nitrogens with one attached hydrogen (secondary N) is 1. The van der Waals surface area contributed by atoms with Crippen molar-refractivity contribution in [1.82, 2.24) is 4.90 Å². The lowest BCUT2D eigenvalue weighted by atomic mass is 10.2. The topological polar surface area (TPSA) is 50.8 Å². The number of fused-ring (bicyclic) bond motifs is 1. The minimum absolute atomic E-state index is 0.0737. The molecule has 0 aliphatic carbocycles. The van der Waals surface area contributed by atoms with Gasteiger partial charge in [0.2, 0.25) is 0 Å². The molecule has 1 aliphatic heterocycles. The lowest BCUT2D eigenvalue weighted by Gasteiger charge is -2.21. The molecule has 2 aromatic carbocycles. The molecule has 0 unspecified atom stereocenters. The van der Waals surface area contributed by atoms with E-state index in [0.29, 0.717) is 31.3 Å². The third kappa shape index (κ3) is 3.56. The maximum absolute atomic E-state index is 13.6. The van der Waals surface area contributed by atoms with Gasteiger partial charge in [-0.3, -0.25) is 0 Å². The van der Waals surface area contributed by atoms with E-state index in [9.17, 15) is 13.6 Å². The number of urea groups is 1. The first-order valence-corrected chi connectivity index (χ1v) is 7.38. The summed E-state index contributed by atoms with van der Waals surface area (Å²) in [5.74, 6) is -0.214. The first kappa shape index (κ1) is 16.0. The largest absolute Gasteiger partial charge is 0.486 e. The monoisotopic (exact) mass is 334 g/mol. The fourth-order valence-electron chi connectivity index (χ4n) is 2.33. The predicted molar refractivity (Wildman–Crippen MR) is 84.3 cm³/mol. The Morgan fingerprint density at radius 3 is 2.62 bits per heavy atom. The van der Waals surface area contributed by atoms with Crippen LogP contribution in [0.2, 0.25) is 0 Å². The van der Waals surface area contributed by atoms with Crippen LogP contribution in [0.25, 0.3) is 0 Å². The molecule has 24 heavy (non-hydrogen) atoms. The number of carbonyl (C=O) groups excluding carboxylic acids is 1. The van der Waals surface area contributed by atoms with Gasteiger partial charge < -0.3 is 19.7 Å². The average Bonchev–Trinajstić information content (AvgIpc) is 2.57. The fourth-order valence-corrected chi connectivity index (χ4v) is 2.33. The van der Waals surface area contributed by atoms with Gasteiger partial charge in [-0.25, -0.2) is 13.6 Å². The van der Waals surface area contributed by atoms with E-state index in [1.54, 1.807) is 19.2 Å². The highest BCUT2D eigenvalue weighted by molar-refractivity contribution is 5.89. The molecule has 0 bridgehead atoms. The van der Waals surface area contributed by atoms with Gasteiger partial charge in [0.15, 0.2) is 11.5 Å². The molecule has 1 aliphatic rings. The van der Waals surface area contributed by atoms with Crippen molar-refractivity contribution in [3.8, 4) is 11.5 Å². The number of rotatable bonds is 3. The zero-order valence-electron chi connectivity index (χ0n) is 13.0. The van der Waals surface area contributed by atoms with Crippen molar-refractivity contribution >= 4 is 11.7 Å². The standard InChI is InChI=1S/C17H16F2N2O3/c1-21(17(22)20-14-4-3-12(18)9-13(14)19)10-11-2-5-15-16(8-11)24-7-6-23-15/h2-5,8-9H,6-7,10H2,1H3,(H,20,22). The van der Waals surface area contributed by atoms with E-state index in [1.165, 1.54) is 11.0 Å². The van der Waals surface area contributed by atoms with Gasteiger partial charge in [0, 0.05) is 19.7 Å². The molecule has 0 saturated heterocycles. The van der Waals surface area contributed by atoms with Gasteiger partial charge in [0.25, 0.3) is 0 Å². The van der Waals surface area contributed by atoms with Crippen LogP contribution >= 0.6 is 0 Å². The maximum Gasteiger partial charge on any atom is 0.321 e. The molecular weight excluding hydrogens is 318 g/mol. The van der Waals surface area contributed by atoms with Crippen LogP contribution in [0.1, 0.15) is 5.56 Å². The molecule has 1 N–H and O–H groups in total. The van der Waals surface area contributed by atoms with Crippen LogP contribution in [0.4, 0.5) is 19.3 Å². The van der Waals surface area contributed by atoms with Gasteiger partial charge in [0.05, 0.1) is 5.69 Å². The lowest BCUT2D eigenvalue weighted by Crippen LogP contribution is -2.31. The Hall–Kier alpha value is -2.83. The van der Waals surface area contributed by atoms with E-state index in [2.05, 4.69) is 5.32 Å². The zero-order valence-corrected chi connectivity index (χ0v) is 13.0. The zero-order chi connectivity index (χ0) is 17.1. The molecule has 0 saturated carbocycles. The molecule has 3 rings (SSSR count). The number of hydrogen-bond donors (Lipinski definition) is 1. The summed E-state index contributed by atoms with van der Waals surface area (Å²) < 4.78 is 37.4. The maximum atomic E-state index is 13.6. The molecule has 0 atom stereocenters. The second-order valence-corrected chi connectivity index (χ2v) is 5.39. The van der Waals surface area contributed by atoms with Gasteiger partial charge in [-0.15, -0.1) is 0 Å². The van der Waals surface area contributed by atoms with Crippen LogP contribution in [0.5, 0.6) is 11.5 Å². The SMILES string of the molecule is CN(Cc1ccc2c(c1)OCCO2)C(=O)Nc1ccc(F)cc1F. The van der Waals surface area contributed by atoms with Crippen LogP contribution in [0, 0.1) is 11.6 Å². The quantitative estimate of drug-likeness (QED) is 0.936. The highest BCUT2D eigenvalue weighted by atomic mass is 19.1. The average molecular weight is 334 g/mol. The molecular formula is C17H16F2N2O3.